The predicted molar refractivity (Wildman–Crippen MR) is 117 cm³/mol. The predicted octanol–water partition coefficient (Wildman–Crippen LogP) is 4.95. The van der Waals surface area contributed by atoms with Gasteiger partial charge in [0.15, 0.2) is 0 Å². The largest absolute Gasteiger partial charge is 0.491 e. The first-order chi connectivity index (χ1) is 14.7. The Morgan fingerprint density at radius 3 is 2.40 bits per heavy atom. The first-order valence-corrected chi connectivity index (χ1v) is 9.77. The standard InChI is InChI=1S/C25H22N2O3/c1-18-12-13-23-21(16-18)22(17-24(26-23)19-8-4-2-5-9-19)25(28)27-30-15-14-29-20-10-6-3-7-11-20/h2-13,16-17H,14-15H2,1H3,(H,27,28). The van der Waals surface area contributed by atoms with Gasteiger partial charge in [-0.15, -0.1) is 0 Å². The molecule has 3 aromatic carbocycles. The smallest absolute Gasteiger partial charge is 0.275 e. The monoisotopic (exact) mass is 398 g/mol. The number of carbonyl (C=O) groups excluding carboxylic acids is 1. The number of benzene rings is 3. The molecule has 1 amide bonds. The lowest BCUT2D eigenvalue weighted by atomic mass is 10.0. The van der Waals surface area contributed by atoms with Gasteiger partial charge in [0.2, 0.25) is 0 Å². The topological polar surface area (TPSA) is 60.5 Å². The van der Waals surface area contributed by atoms with Crippen LogP contribution in [0.4, 0.5) is 0 Å². The van der Waals surface area contributed by atoms with Crippen molar-refractivity contribution >= 4 is 16.8 Å². The zero-order valence-electron chi connectivity index (χ0n) is 16.7. The average Bonchev–Trinajstić information content (AvgIpc) is 2.79. The minimum absolute atomic E-state index is 0.230. The van der Waals surface area contributed by atoms with E-state index in [0.29, 0.717) is 12.2 Å². The molecule has 0 aliphatic heterocycles. The van der Waals surface area contributed by atoms with Crippen LogP contribution in [0.15, 0.2) is 84.9 Å². The summed E-state index contributed by atoms with van der Waals surface area (Å²) in [7, 11) is 0. The summed E-state index contributed by atoms with van der Waals surface area (Å²) in [6.45, 7) is 2.55. The summed E-state index contributed by atoms with van der Waals surface area (Å²) in [5, 5.41) is 0.788. The lowest BCUT2D eigenvalue weighted by Gasteiger charge is -2.12. The summed E-state index contributed by atoms with van der Waals surface area (Å²) >= 11 is 0. The Kier molecular flexibility index (Phi) is 6.01. The molecule has 0 unspecified atom stereocenters. The maximum absolute atomic E-state index is 12.9. The molecule has 1 N–H and O–H groups in total. The van der Waals surface area contributed by atoms with Crippen LogP contribution in [0.2, 0.25) is 0 Å². The quantitative estimate of drug-likeness (QED) is 0.353. The van der Waals surface area contributed by atoms with E-state index >= 15 is 0 Å². The number of aromatic nitrogens is 1. The first-order valence-electron chi connectivity index (χ1n) is 9.77. The van der Waals surface area contributed by atoms with Gasteiger partial charge in [-0.2, -0.15) is 0 Å². The summed E-state index contributed by atoms with van der Waals surface area (Å²) in [6, 6.07) is 27.0. The van der Waals surface area contributed by atoms with Crippen LogP contribution < -0.4 is 10.2 Å². The van der Waals surface area contributed by atoms with Crippen molar-refractivity contribution in [3.8, 4) is 17.0 Å². The fraction of sp³-hybridized carbons (Fsp3) is 0.120. The van der Waals surface area contributed by atoms with Crippen molar-refractivity contribution in [3.05, 3.63) is 96.1 Å². The number of ether oxygens (including phenoxy) is 1. The molecule has 30 heavy (non-hydrogen) atoms. The lowest BCUT2D eigenvalue weighted by molar-refractivity contribution is 0.0201. The van der Waals surface area contributed by atoms with Gasteiger partial charge in [0.05, 0.1) is 16.8 Å². The normalized spacial score (nSPS) is 10.7. The van der Waals surface area contributed by atoms with Gasteiger partial charge in [-0.25, -0.2) is 10.5 Å². The van der Waals surface area contributed by atoms with Gasteiger partial charge in [0.25, 0.3) is 5.91 Å². The molecule has 0 spiro atoms. The van der Waals surface area contributed by atoms with E-state index in [0.717, 1.165) is 33.5 Å². The number of para-hydroxylation sites is 1. The summed E-state index contributed by atoms with van der Waals surface area (Å²) in [5.41, 5.74) is 6.56. The van der Waals surface area contributed by atoms with Crippen LogP contribution in [-0.2, 0) is 4.84 Å². The SMILES string of the molecule is Cc1ccc2nc(-c3ccccc3)cc(C(=O)NOCCOc3ccccc3)c2c1. The number of hydrogen-bond acceptors (Lipinski definition) is 4. The Bertz CT molecular complexity index is 1150. The van der Waals surface area contributed by atoms with Crippen molar-refractivity contribution in [2.45, 2.75) is 6.92 Å². The molecule has 0 fully saturated rings. The van der Waals surface area contributed by atoms with Crippen molar-refractivity contribution < 1.29 is 14.4 Å². The van der Waals surface area contributed by atoms with Crippen molar-refractivity contribution in [1.82, 2.24) is 10.5 Å². The van der Waals surface area contributed by atoms with E-state index in [-0.39, 0.29) is 12.5 Å². The molecule has 5 heteroatoms. The molecule has 0 atom stereocenters. The molecule has 0 aliphatic rings. The molecule has 150 valence electrons. The number of hydrogen-bond donors (Lipinski definition) is 1. The van der Waals surface area contributed by atoms with Crippen LogP contribution >= 0.6 is 0 Å². The number of nitrogens with zero attached hydrogens (tertiary/aromatic N) is 1. The number of nitrogens with one attached hydrogen (secondary N) is 1. The van der Waals surface area contributed by atoms with Crippen LogP contribution in [0.1, 0.15) is 15.9 Å². The second kappa shape index (κ2) is 9.20. The van der Waals surface area contributed by atoms with E-state index in [2.05, 4.69) is 5.48 Å². The molecule has 0 aliphatic carbocycles. The third kappa shape index (κ3) is 4.64. The van der Waals surface area contributed by atoms with E-state index < -0.39 is 0 Å². The van der Waals surface area contributed by atoms with Crippen LogP contribution in [0.5, 0.6) is 5.75 Å². The summed E-state index contributed by atoms with van der Waals surface area (Å²) < 4.78 is 5.57. The molecule has 1 heterocycles. The van der Waals surface area contributed by atoms with Crippen LogP contribution in [0.3, 0.4) is 0 Å². The first kappa shape index (κ1) is 19.6. The summed E-state index contributed by atoms with van der Waals surface area (Å²) in [6.07, 6.45) is 0. The van der Waals surface area contributed by atoms with Gasteiger partial charge < -0.3 is 4.74 Å². The fourth-order valence-electron chi connectivity index (χ4n) is 3.17. The second-order valence-corrected chi connectivity index (χ2v) is 6.88. The van der Waals surface area contributed by atoms with Gasteiger partial charge in [-0.05, 0) is 37.3 Å². The third-order valence-corrected chi connectivity index (χ3v) is 4.64. The van der Waals surface area contributed by atoms with E-state index in [4.69, 9.17) is 14.6 Å². The van der Waals surface area contributed by atoms with Gasteiger partial charge in [-0.3, -0.25) is 9.63 Å². The summed E-state index contributed by atoms with van der Waals surface area (Å²) in [4.78, 5) is 23.0. The number of aryl methyl sites for hydroxylation is 1. The molecule has 0 saturated carbocycles. The van der Waals surface area contributed by atoms with E-state index in [1.54, 1.807) is 6.07 Å². The number of rotatable bonds is 7. The Morgan fingerprint density at radius 2 is 1.63 bits per heavy atom. The van der Waals surface area contributed by atoms with Gasteiger partial charge in [-0.1, -0.05) is 60.2 Å². The molecular formula is C25H22N2O3. The number of hydroxylamine groups is 1. The minimum atomic E-state index is -0.315. The molecule has 4 rings (SSSR count). The Labute approximate surface area is 175 Å². The number of amides is 1. The van der Waals surface area contributed by atoms with E-state index in [1.807, 2.05) is 85.8 Å². The molecule has 1 aromatic heterocycles. The van der Waals surface area contributed by atoms with E-state index in [9.17, 15) is 4.79 Å². The maximum atomic E-state index is 12.9. The Morgan fingerprint density at radius 1 is 0.900 bits per heavy atom. The second-order valence-electron chi connectivity index (χ2n) is 6.88. The van der Waals surface area contributed by atoms with Crippen molar-refractivity contribution in [2.24, 2.45) is 0 Å². The van der Waals surface area contributed by atoms with Gasteiger partial charge in [0, 0.05) is 10.9 Å². The zero-order valence-corrected chi connectivity index (χ0v) is 16.7. The molecule has 0 radical (unpaired) electrons. The van der Waals surface area contributed by atoms with E-state index in [1.165, 1.54) is 0 Å². The van der Waals surface area contributed by atoms with Crippen LogP contribution in [-0.4, -0.2) is 24.1 Å². The van der Waals surface area contributed by atoms with Crippen LogP contribution in [0.25, 0.3) is 22.2 Å². The van der Waals surface area contributed by atoms with Gasteiger partial charge in [0.1, 0.15) is 19.0 Å². The van der Waals surface area contributed by atoms with Gasteiger partial charge >= 0.3 is 0 Å². The fourth-order valence-corrected chi connectivity index (χ4v) is 3.17. The van der Waals surface area contributed by atoms with Crippen molar-refractivity contribution in [1.29, 1.82) is 0 Å². The molecule has 5 nitrogen and oxygen atoms in total. The maximum Gasteiger partial charge on any atom is 0.275 e. The summed E-state index contributed by atoms with van der Waals surface area (Å²) in [5.74, 6) is 0.445. The lowest BCUT2D eigenvalue weighted by Crippen LogP contribution is -2.26. The molecular weight excluding hydrogens is 376 g/mol. The Balaban J connectivity index is 1.50. The highest BCUT2D eigenvalue weighted by molar-refractivity contribution is 6.07. The highest BCUT2D eigenvalue weighted by Crippen LogP contribution is 2.25. The molecule has 0 bridgehead atoms. The molecule has 0 saturated heterocycles. The minimum Gasteiger partial charge on any atom is -0.491 e. The van der Waals surface area contributed by atoms with Crippen molar-refractivity contribution in [2.75, 3.05) is 13.2 Å². The highest BCUT2D eigenvalue weighted by atomic mass is 16.7. The van der Waals surface area contributed by atoms with Crippen molar-refractivity contribution in [3.63, 3.8) is 0 Å². The zero-order chi connectivity index (χ0) is 20.8. The number of carbonyl (C=O) groups is 1. The average molecular weight is 398 g/mol. The number of fused-ring (bicyclic) bond motifs is 1. The van der Waals surface area contributed by atoms with Crippen LogP contribution in [0, 0.1) is 6.92 Å². The Hall–Kier alpha value is -3.70. The molecule has 4 aromatic rings. The number of pyridine rings is 1. The third-order valence-electron chi connectivity index (χ3n) is 4.64. The highest BCUT2D eigenvalue weighted by Gasteiger charge is 2.14.